The molecule has 21 heavy (non-hydrogen) atoms. The number of aliphatic hydroxyl groups excluding tert-OH is 1. The fourth-order valence-electron chi connectivity index (χ4n) is 2.29. The summed E-state index contributed by atoms with van der Waals surface area (Å²) < 4.78 is 45.3. The van der Waals surface area contributed by atoms with E-state index in [9.17, 15) is 21.9 Å². The second-order valence-electron chi connectivity index (χ2n) is 5.37. The monoisotopic (exact) mass is 333 g/mol. The normalized spacial score (nSPS) is 23.0. The zero-order chi connectivity index (χ0) is 15.7. The number of benzene rings is 1. The van der Waals surface area contributed by atoms with Crippen molar-refractivity contribution in [3.05, 3.63) is 29.8 Å². The molecule has 2 atom stereocenters. The average molecular weight is 333 g/mol. The third-order valence-electron chi connectivity index (χ3n) is 3.53. The van der Waals surface area contributed by atoms with Crippen LogP contribution in [0.25, 0.3) is 0 Å². The van der Waals surface area contributed by atoms with Gasteiger partial charge in [0.15, 0.2) is 19.7 Å². The van der Waals surface area contributed by atoms with Crippen molar-refractivity contribution in [3.63, 3.8) is 0 Å². The minimum absolute atomic E-state index is 0.104. The maximum absolute atomic E-state index is 11.3. The van der Waals surface area contributed by atoms with Crippen LogP contribution in [-0.4, -0.2) is 52.3 Å². The van der Waals surface area contributed by atoms with Crippen molar-refractivity contribution in [2.45, 2.75) is 23.5 Å². The van der Waals surface area contributed by atoms with Crippen LogP contribution in [0, 0.1) is 0 Å². The Bertz CT molecular complexity index is 695. The van der Waals surface area contributed by atoms with E-state index in [1.165, 1.54) is 12.1 Å². The molecule has 0 aromatic heterocycles. The summed E-state index contributed by atoms with van der Waals surface area (Å²) in [5.74, 6) is 0.288. The summed E-state index contributed by atoms with van der Waals surface area (Å²) in [5.41, 5.74) is 0.593. The van der Waals surface area contributed by atoms with Crippen LogP contribution in [0.4, 0.5) is 0 Å². The fraction of sp³-hybridized carbons (Fsp3) is 0.538. The van der Waals surface area contributed by atoms with Crippen molar-refractivity contribution >= 4 is 19.7 Å². The molecule has 1 saturated heterocycles. The molecule has 0 radical (unpaired) electrons. The van der Waals surface area contributed by atoms with E-state index >= 15 is 0 Å². The molecule has 1 aliphatic rings. The molecule has 0 amide bonds. The van der Waals surface area contributed by atoms with Gasteiger partial charge in [0.2, 0.25) is 0 Å². The quantitative estimate of drug-likeness (QED) is 0.780. The van der Waals surface area contributed by atoms with Gasteiger partial charge in [-0.2, -0.15) is 0 Å². The minimum Gasteiger partial charge on any atom is -0.387 e. The Morgan fingerprint density at radius 1 is 1.33 bits per heavy atom. The lowest BCUT2D eigenvalue weighted by Gasteiger charge is -2.16. The fourth-order valence-corrected chi connectivity index (χ4v) is 4.63. The number of rotatable bonds is 5. The van der Waals surface area contributed by atoms with Gasteiger partial charge in [0.25, 0.3) is 0 Å². The van der Waals surface area contributed by atoms with Gasteiger partial charge >= 0.3 is 0 Å². The summed E-state index contributed by atoms with van der Waals surface area (Å²) >= 11 is 0. The van der Waals surface area contributed by atoms with Gasteiger partial charge in [-0.15, -0.1) is 0 Å². The average Bonchev–Trinajstić information content (AvgIpc) is 2.75. The Balaban J connectivity index is 1.93. The van der Waals surface area contributed by atoms with E-state index < -0.39 is 25.8 Å². The Labute approximate surface area is 125 Å². The largest absolute Gasteiger partial charge is 0.387 e. The van der Waals surface area contributed by atoms with Crippen molar-refractivity contribution in [2.75, 3.05) is 24.3 Å². The number of nitrogens with one attached hydrogen (secondary N) is 1. The number of sulfone groups is 2. The minimum atomic E-state index is -3.25. The van der Waals surface area contributed by atoms with Crippen molar-refractivity contribution in [1.29, 1.82) is 0 Å². The molecule has 1 aromatic carbocycles. The molecule has 1 fully saturated rings. The van der Waals surface area contributed by atoms with Crippen LogP contribution < -0.4 is 5.32 Å². The second-order valence-corrected chi connectivity index (χ2v) is 9.61. The molecule has 1 heterocycles. The number of aliphatic hydroxyl groups is 1. The van der Waals surface area contributed by atoms with E-state index in [2.05, 4.69) is 5.32 Å². The summed E-state index contributed by atoms with van der Waals surface area (Å²) in [7, 11) is -6.19. The molecule has 8 heteroatoms. The SMILES string of the molecule is CS(=O)(=O)c1ccc(C(O)CNC2CCS(=O)(=O)C2)cc1. The van der Waals surface area contributed by atoms with Crippen LogP contribution in [-0.2, 0) is 19.7 Å². The van der Waals surface area contributed by atoms with E-state index in [1.54, 1.807) is 12.1 Å². The lowest BCUT2D eigenvalue weighted by Crippen LogP contribution is -2.33. The van der Waals surface area contributed by atoms with E-state index in [1.807, 2.05) is 0 Å². The maximum atomic E-state index is 11.3. The first-order valence-corrected chi connectivity index (χ1v) is 10.3. The zero-order valence-electron chi connectivity index (χ0n) is 11.7. The van der Waals surface area contributed by atoms with Gasteiger partial charge < -0.3 is 10.4 Å². The smallest absolute Gasteiger partial charge is 0.175 e. The van der Waals surface area contributed by atoms with Crippen LogP contribution in [0.2, 0.25) is 0 Å². The van der Waals surface area contributed by atoms with Crippen molar-refractivity contribution in [2.24, 2.45) is 0 Å². The molecule has 2 unspecified atom stereocenters. The Hall–Kier alpha value is -0.960. The van der Waals surface area contributed by atoms with Crippen LogP contribution in [0.1, 0.15) is 18.1 Å². The predicted octanol–water partition coefficient (Wildman–Crippen LogP) is -0.0998. The molecule has 118 valence electrons. The maximum Gasteiger partial charge on any atom is 0.175 e. The Morgan fingerprint density at radius 2 is 1.95 bits per heavy atom. The van der Waals surface area contributed by atoms with E-state index in [4.69, 9.17) is 0 Å². The molecule has 0 saturated carbocycles. The summed E-state index contributed by atoms with van der Waals surface area (Å²) in [5, 5.41) is 13.1. The third kappa shape index (κ3) is 4.50. The van der Waals surface area contributed by atoms with Gasteiger partial charge in [0.1, 0.15) is 0 Å². The van der Waals surface area contributed by atoms with Crippen LogP contribution in [0.5, 0.6) is 0 Å². The molecule has 1 aromatic rings. The molecule has 6 nitrogen and oxygen atoms in total. The Kier molecular flexibility index (Phi) is 4.72. The highest BCUT2D eigenvalue weighted by Gasteiger charge is 2.27. The van der Waals surface area contributed by atoms with Gasteiger partial charge in [-0.1, -0.05) is 12.1 Å². The van der Waals surface area contributed by atoms with Gasteiger partial charge in [-0.3, -0.25) is 0 Å². The van der Waals surface area contributed by atoms with Crippen molar-refractivity contribution < 1.29 is 21.9 Å². The summed E-state index contributed by atoms with van der Waals surface area (Å²) in [6, 6.07) is 5.91. The lowest BCUT2D eigenvalue weighted by atomic mass is 10.1. The summed E-state index contributed by atoms with van der Waals surface area (Å²) in [4.78, 5) is 0.202. The molecule has 1 aliphatic heterocycles. The summed E-state index contributed by atoms with van der Waals surface area (Å²) in [6.07, 6.45) is 0.879. The molecule has 0 bridgehead atoms. The molecule has 0 aliphatic carbocycles. The highest BCUT2D eigenvalue weighted by molar-refractivity contribution is 7.91. The lowest BCUT2D eigenvalue weighted by molar-refractivity contribution is 0.171. The van der Waals surface area contributed by atoms with Crippen molar-refractivity contribution in [3.8, 4) is 0 Å². The second kappa shape index (κ2) is 6.04. The predicted molar refractivity (Wildman–Crippen MR) is 79.6 cm³/mol. The highest BCUT2D eigenvalue weighted by Crippen LogP contribution is 2.17. The van der Waals surface area contributed by atoms with Gasteiger partial charge in [-0.05, 0) is 24.1 Å². The van der Waals surface area contributed by atoms with Gasteiger partial charge in [0.05, 0.1) is 22.5 Å². The van der Waals surface area contributed by atoms with E-state index in [0.29, 0.717) is 12.0 Å². The molecule has 2 N–H and O–H groups in total. The van der Waals surface area contributed by atoms with Crippen LogP contribution >= 0.6 is 0 Å². The third-order valence-corrected chi connectivity index (χ3v) is 6.42. The number of hydrogen-bond acceptors (Lipinski definition) is 6. The van der Waals surface area contributed by atoms with E-state index in [0.717, 1.165) is 6.26 Å². The van der Waals surface area contributed by atoms with Gasteiger partial charge in [-0.25, -0.2) is 16.8 Å². The first-order valence-electron chi connectivity index (χ1n) is 6.59. The van der Waals surface area contributed by atoms with Crippen LogP contribution in [0.15, 0.2) is 29.2 Å². The first kappa shape index (κ1) is 16.4. The highest BCUT2D eigenvalue weighted by atomic mass is 32.2. The summed E-state index contributed by atoms with van der Waals surface area (Å²) in [6.45, 7) is 0.235. The molecule has 2 rings (SSSR count). The topological polar surface area (TPSA) is 101 Å². The molecule has 0 spiro atoms. The zero-order valence-corrected chi connectivity index (χ0v) is 13.3. The van der Waals surface area contributed by atoms with E-state index in [-0.39, 0.29) is 29.0 Å². The standard InChI is InChI=1S/C13H19NO5S2/c1-20(16,17)12-4-2-10(3-5-12)13(15)8-14-11-6-7-21(18,19)9-11/h2-5,11,13-15H,6-9H2,1H3. The van der Waals surface area contributed by atoms with Crippen LogP contribution in [0.3, 0.4) is 0 Å². The Morgan fingerprint density at radius 3 is 2.43 bits per heavy atom. The molecular weight excluding hydrogens is 314 g/mol. The molecular formula is C13H19NO5S2. The first-order chi connectivity index (χ1) is 9.67. The number of hydrogen-bond donors (Lipinski definition) is 2. The van der Waals surface area contributed by atoms with Gasteiger partial charge in [0, 0.05) is 18.8 Å². The van der Waals surface area contributed by atoms with Crippen molar-refractivity contribution in [1.82, 2.24) is 5.32 Å².